The second-order valence-electron chi connectivity index (χ2n) is 5.68. The first-order chi connectivity index (χ1) is 11.3. The molecular weight excluding hydrogens is 340 g/mol. The van der Waals surface area contributed by atoms with Gasteiger partial charge in [0.2, 0.25) is 11.8 Å². The highest BCUT2D eigenvalue weighted by molar-refractivity contribution is 8.02. The van der Waals surface area contributed by atoms with Gasteiger partial charge in [-0.15, -0.1) is 11.8 Å². The maximum absolute atomic E-state index is 13.6. The Morgan fingerprint density at radius 1 is 1.38 bits per heavy atom. The molecule has 2 atom stereocenters. The second kappa shape index (κ2) is 7.78. The summed E-state index contributed by atoms with van der Waals surface area (Å²) >= 11 is 1.27. The predicted molar refractivity (Wildman–Crippen MR) is 88.4 cm³/mol. The number of rotatable bonds is 5. The van der Waals surface area contributed by atoms with Crippen LogP contribution in [0.2, 0.25) is 0 Å². The van der Waals surface area contributed by atoms with Crippen molar-refractivity contribution in [3.05, 3.63) is 28.4 Å². The van der Waals surface area contributed by atoms with Crippen molar-refractivity contribution in [2.45, 2.75) is 29.9 Å². The van der Waals surface area contributed by atoms with E-state index >= 15 is 0 Å². The van der Waals surface area contributed by atoms with Crippen LogP contribution >= 0.6 is 11.8 Å². The number of aryl methyl sites for hydroxylation is 1. The van der Waals surface area contributed by atoms with Crippen LogP contribution in [0.4, 0.5) is 14.5 Å². The van der Waals surface area contributed by atoms with Crippen molar-refractivity contribution < 1.29 is 18.4 Å². The highest BCUT2D eigenvalue weighted by Gasteiger charge is 2.35. The first-order valence-electron chi connectivity index (χ1n) is 7.47. The third-order valence-corrected chi connectivity index (χ3v) is 5.21. The van der Waals surface area contributed by atoms with Crippen molar-refractivity contribution in [3.63, 3.8) is 0 Å². The van der Waals surface area contributed by atoms with Crippen LogP contribution in [0.5, 0.6) is 0 Å². The quantitative estimate of drug-likeness (QED) is 0.859. The normalized spacial score (nSPS) is 20.0. The van der Waals surface area contributed by atoms with Crippen LogP contribution in [0.1, 0.15) is 12.8 Å². The van der Waals surface area contributed by atoms with Crippen LogP contribution in [0.15, 0.2) is 17.1 Å². The minimum absolute atomic E-state index is 0.0437. The zero-order chi connectivity index (χ0) is 17.9. The van der Waals surface area contributed by atoms with Crippen LogP contribution in [0.25, 0.3) is 0 Å². The van der Waals surface area contributed by atoms with E-state index in [1.807, 2.05) is 0 Å². The van der Waals surface area contributed by atoms with Crippen LogP contribution in [-0.2, 0) is 16.1 Å². The molecule has 0 aromatic carbocycles. The lowest BCUT2D eigenvalue weighted by Gasteiger charge is -2.16. The summed E-state index contributed by atoms with van der Waals surface area (Å²) in [4.78, 5) is 37.2. The SMILES string of the molecule is CN(C)C(=O)C1CCC(C(=O)Nc2cc(F)c(=O)n(CCF)c2)S1. The molecule has 2 rings (SSSR count). The van der Waals surface area contributed by atoms with Crippen LogP contribution in [0.3, 0.4) is 0 Å². The van der Waals surface area contributed by atoms with Gasteiger partial charge >= 0.3 is 0 Å². The zero-order valence-corrected chi connectivity index (χ0v) is 14.2. The van der Waals surface area contributed by atoms with Crippen molar-refractivity contribution >= 4 is 29.3 Å². The third kappa shape index (κ3) is 4.14. The second-order valence-corrected chi connectivity index (χ2v) is 7.09. The molecule has 0 bridgehead atoms. The molecule has 1 fully saturated rings. The number of aromatic nitrogens is 1. The number of amides is 2. The Labute approximate surface area is 142 Å². The van der Waals surface area contributed by atoms with E-state index in [1.165, 1.54) is 22.9 Å². The molecule has 1 aromatic heterocycles. The lowest BCUT2D eigenvalue weighted by molar-refractivity contribution is -0.128. The molecule has 6 nitrogen and oxygen atoms in total. The van der Waals surface area contributed by atoms with Gasteiger partial charge in [0.1, 0.15) is 6.67 Å². The molecule has 1 N–H and O–H groups in total. The molecule has 1 aromatic rings. The maximum atomic E-state index is 13.6. The molecule has 1 saturated heterocycles. The Morgan fingerprint density at radius 3 is 2.67 bits per heavy atom. The Bertz CT molecular complexity index is 693. The van der Waals surface area contributed by atoms with E-state index in [-0.39, 0.29) is 29.3 Å². The summed E-state index contributed by atoms with van der Waals surface area (Å²) in [6.07, 6.45) is 2.34. The number of carbonyl (C=O) groups is 2. The van der Waals surface area contributed by atoms with Crippen molar-refractivity contribution in [1.82, 2.24) is 9.47 Å². The Kier molecular flexibility index (Phi) is 5.98. The fourth-order valence-corrected chi connectivity index (χ4v) is 3.90. The number of carbonyl (C=O) groups excluding carboxylic acids is 2. The predicted octanol–water partition coefficient (Wildman–Crippen LogP) is 1.25. The van der Waals surface area contributed by atoms with E-state index in [2.05, 4.69) is 5.32 Å². The summed E-state index contributed by atoms with van der Waals surface area (Å²) in [5.74, 6) is -1.46. The largest absolute Gasteiger partial charge is 0.348 e. The van der Waals surface area contributed by atoms with E-state index in [9.17, 15) is 23.2 Å². The Morgan fingerprint density at radius 2 is 2.04 bits per heavy atom. The highest BCUT2D eigenvalue weighted by Crippen LogP contribution is 2.35. The summed E-state index contributed by atoms with van der Waals surface area (Å²) in [7, 11) is 3.32. The first kappa shape index (κ1) is 18.4. The Balaban J connectivity index is 2.05. The zero-order valence-electron chi connectivity index (χ0n) is 13.4. The van der Waals surface area contributed by atoms with Gasteiger partial charge in [-0.25, -0.2) is 8.78 Å². The van der Waals surface area contributed by atoms with Crippen molar-refractivity contribution in [2.24, 2.45) is 0 Å². The topological polar surface area (TPSA) is 71.4 Å². The van der Waals surface area contributed by atoms with Gasteiger partial charge in [0.05, 0.1) is 22.7 Å². The van der Waals surface area contributed by atoms with Crippen molar-refractivity contribution in [2.75, 3.05) is 26.1 Å². The fraction of sp³-hybridized carbons (Fsp3) is 0.533. The molecule has 2 heterocycles. The van der Waals surface area contributed by atoms with Gasteiger partial charge in [-0.3, -0.25) is 14.4 Å². The molecule has 0 saturated carbocycles. The monoisotopic (exact) mass is 359 g/mol. The average Bonchev–Trinajstić information content (AvgIpc) is 3.01. The number of anilines is 1. The number of pyridine rings is 1. The molecule has 24 heavy (non-hydrogen) atoms. The molecule has 2 amide bonds. The number of hydrogen-bond donors (Lipinski definition) is 1. The molecule has 0 spiro atoms. The standard InChI is InChI=1S/C15H19F2N3O3S/c1-19(2)15(23)12-4-3-11(24-12)13(21)18-9-7-10(17)14(22)20(8-9)6-5-16/h7-8,11-12H,3-6H2,1-2H3,(H,18,21). The van der Waals surface area contributed by atoms with Gasteiger partial charge in [0.25, 0.3) is 5.56 Å². The summed E-state index contributed by atoms with van der Waals surface area (Å²) in [5, 5.41) is 1.83. The molecule has 2 unspecified atom stereocenters. The highest BCUT2D eigenvalue weighted by atomic mass is 32.2. The minimum atomic E-state index is -1.05. The minimum Gasteiger partial charge on any atom is -0.348 e. The lowest BCUT2D eigenvalue weighted by Crippen LogP contribution is -2.31. The summed E-state index contributed by atoms with van der Waals surface area (Å²) in [6, 6.07) is 0.914. The van der Waals surface area contributed by atoms with Gasteiger partial charge in [-0.05, 0) is 12.8 Å². The molecule has 1 aliphatic heterocycles. The Hall–Kier alpha value is -1.90. The van der Waals surface area contributed by atoms with Gasteiger partial charge in [0.15, 0.2) is 5.82 Å². The number of hydrogen-bond acceptors (Lipinski definition) is 4. The van der Waals surface area contributed by atoms with Gasteiger partial charge in [-0.2, -0.15) is 0 Å². The number of halogens is 2. The average molecular weight is 359 g/mol. The number of alkyl halides is 1. The van der Waals surface area contributed by atoms with Gasteiger partial charge < -0.3 is 14.8 Å². The molecular formula is C15H19F2N3O3S. The molecule has 0 radical (unpaired) electrons. The number of nitrogens with zero attached hydrogens (tertiary/aromatic N) is 2. The number of thioether (sulfide) groups is 1. The molecule has 9 heteroatoms. The number of nitrogens with one attached hydrogen (secondary N) is 1. The maximum Gasteiger partial charge on any atom is 0.286 e. The molecule has 1 aliphatic rings. The van der Waals surface area contributed by atoms with E-state index in [4.69, 9.17) is 0 Å². The smallest absolute Gasteiger partial charge is 0.286 e. The van der Waals surface area contributed by atoms with Gasteiger partial charge in [-0.1, -0.05) is 0 Å². The third-order valence-electron chi connectivity index (χ3n) is 3.66. The van der Waals surface area contributed by atoms with Crippen LogP contribution in [0, 0.1) is 5.82 Å². The lowest BCUT2D eigenvalue weighted by atomic mass is 10.1. The fourth-order valence-electron chi connectivity index (χ4n) is 2.45. The van der Waals surface area contributed by atoms with Gasteiger partial charge in [0, 0.05) is 26.4 Å². The van der Waals surface area contributed by atoms with E-state index in [0.717, 1.165) is 10.6 Å². The van der Waals surface area contributed by atoms with Crippen molar-refractivity contribution in [3.8, 4) is 0 Å². The van der Waals surface area contributed by atoms with Crippen LogP contribution < -0.4 is 10.9 Å². The van der Waals surface area contributed by atoms with E-state index in [0.29, 0.717) is 12.8 Å². The first-order valence-corrected chi connectivity index (χ1v) is 8.41. The molecule has 132 valence electrons. The summed E-state index contributed by atoms with van der Waals surface area (Å²) < 4.78 is 26.9. The summed E-state index contributed by atoms with van der Waals surface area (Å²) in [5.41, 5.74) is -0.842. The van der Waals surface area contributed by atoms with Crippen LogP contribution in [-0.4, -0.2) is 52.6 Å². The molecule has 0 aliphatic carbocycles. The van der Waals surface area contributed by atoms with E-state index < -0.39 is 23.3 Å². The van der Waals surface area contributed by atoms with E-state index in [1.54, 1.807) is 14.1 Å². The van der Waals surface area contributed by atoms with Crippen molar-refractivity contribution in [1.29, 1.82) is 0 Å². The summed E-state index contributed by atoms with van der Waals surface area (Å²) in [6.45, 7) is -1.10.